The molecule has 6 heteroatoms. The SMILES string of the molecule is O=C(O)CCC1CCN(C(=O)N(CCO)C2CCCC2)C1. The number of carboxylic acids is 1. The van der Waals surface area contributed by atoms with Gasteiger partial charge in [-0.3, -0.25) is 4.79 Å². The molecule has 6 nitrogen and oxygen atoms in total. The molecule has 0 bridgehead atoms. The average molecular weight is 298 g/mol. The van der Waals surface area contributed by atoms with Crippen molar-refractivity contribution < 1.29 is 19.8 Å². The summed E-state index contributed by atoms with van der Waals surface area (Å²) in [5.41, 5.74) is 0. The molecule has 1 saturated carbocycles. The summed E-state index contributed by atoms with van der Waals surface area (Å²) < 4.78 is 0. The van der Waals surface area contributed by atoms with E-state index in [0.717, 1.165) is 32.1 Å². The smallest absolute Gasteiger partial charge is 0.320 e. The Bertz CT molecular complexity index is 369. The largest absolute Gasteiger partial charge is 0.481 e. The van der Waals surface area contributed by atoms with Crippen LogP contribution in [0.25, 0.3) is 0 Å². The fraction of sp³-hybridized carbons (Fsp3) is 0.867. The van der Waals surface area contributed by atoms with Crippen molar-refractivity contribution in [1.29, 1.82) is 0 Å². The van der Waals surface area contributed by atoms with E-state index in [-0.39, 0.29) is 25.1 Å². The molecule has 2 rings (SSSR count). The van der Waals surface area contributed by atoms with Crippen LogP contribution in [0.2, 0.25) is 0 Å². The van der Waals surface area contributed by atoms with E-state index < -0.39 is 5.97 Å². The predicted molar refractivity (Wildman–Crippen MR) is 78.0 cm³/mol. The maximum atomic E-state index is 12.6. The van der Waals surface area contributed by atoms with E-state index in [1.165, 1.54) is 0 Å². The molecule has 0 radical (unpaired) electrons. The predicted octanol–water partition coefficient (Wildman–Crippen LogP) is 1.53. The minimum absolute atomic E-state index is 0.00147. The number of aliphatic carboxylic acids is 1. The van der Waals surface area contributed by atoms with Crippen molar-refractivity contribution in [1.82, 2.24) is 9.80 Å². The van der Waals surface area contributed by atoms with E-state index in [9.17, 15) is 14.7 Å². The Labute approximate surface area is 125 Å². The summed E-state index contributed by atoms with van der Waals surface area (Å²) in [5, 5.41) is 17.9. The zero-order valence-corrected chi connectivity index (χ0v) is 12.5. The lowest BCUT2D eigenvalue weighted by Gasteiger charge is -2.32. The Morgan fingerprint density at radius 2 is 1.90 bits per heavy atom. The van der Waals surface area contributed by atoms with E-state index in [1.807, 2.05) is 9.80 Å². The highest BCUT2D eigenvalue weighted by molar-refractivity contribution is 5.75. The molecule has 2 amide bonds. The standard InChI is InChI=1S/C15H26N2O4/c18-10-9-17(13-3-1-2-4-13)15(21)16-8-7-12(11-16)5-6-14(19)20/h12-13,18H,1-11H2,(H,19,20). The molecule has 120 valence electrons. The zero-order valence-electron chi connectivity index (χ0n) is 12.5. The molecule has 2 fully saturated rings. The number of amides is 2. The summed E-state index contributed by atoms with van der Waals surface area (Å²) in [4.78, 5) is 26.9. The summed E-state index contributed by atoms with van der Waals surface area (Å²) in [6, 6.07) is 0.288. The van der Waals surface area contributed by atoms with Gasteiger partial charge in [0.25, 0.3) is 0 Å². The first-order valence-electron chi connectivity index (χ1n) is 8.00. The van der Waals surface area contributed by atoms with Crippen molar-refractivity contribution in [2.24, 2.45) is 5.92 Å². The number of hydrogen-bond acceptors (Lipinski definition) is 3. The highest BCUT2D eigenvalue weighted by Gasteiger charge is 2.33. The minimum atomic E-state index is -0.771. The lowest BCUT2D eigenvalue weighted by atomic mass is 10.0. The van der Waals surface area contributed by atoms with Gasteiger partial charge in [-0.1, -0.05) is 12.8 Å². The van der Waals surface area contributed by atoms with Gasteiger partial charge in [0.1, 0.15) is 0 Å². The Morgan fingerprint density at radius 3 is 2.52 bits per heavy atom. The maximum Gasteiger partial charge on any atom is 0.320 e. The quantitative estimate of drug-likeness (QED) is 0.779. The van der Waals surface area contributed by atoms with E-state index in [0.29, 0.717) is 32.0 Å². The number of carbonyl (C=O) groups excluding carboxylic acids is 1. The van der Waals surface area contributed by atoms with Gasteiger partial charge < -0.3 is 20.0 Å². The van der Waals surface area contributed by atoms with Crippen LogP contribution in [-0.2, 0) is 4.79 Å². The lowest BCUT2D eigenvalue weighted by Crippen LogP contribution is -2.47. The molecule has 1 saturated heterocycles. The number of aliphatic hydroxyl groups is 1. The molecule has 0 spiro atoms. The van der Waals surface area contributed by atoms with Crippen LogP contribution < -0.4 is 0 Å². The highest BCUT2D eigenvalue weighted by atomic mass is 16.4. The minimum Gasteiger partial charge on any atom is -0.481 e. The fourth-order valence-corrected chi connectivity index (χ4v) is 3.51. The summed E-state index contributed by atoms with van der Waals surface area (Å²) in [5.74, 6) is -0.475. The van der Waals surface area contributed by atoms with Crippen LogP contribution in [0.3, 0.4) is 0 Å². The number of nitrogens with zero attached hydrogens (tertiary/aromatic N) is 2. The van der Waals surface area contributed by atoms with Gasteiger partial charge in [-0.2, -0.15) is 0 Å². The van der Waals surface area contributed by atoms with Crippen molar-refractivity contribution in [2.75, 3.05) is 26.2 Å². The molecular formula is C15H26N2O4. The summed E-state index contributed by atoms with van der Waals surface area (Å²) in [6.07, 6.45) is 6.07. The van der Waals surface area contributed by atoms with Gasteiger partial charge in [-0.05, 0) is 31.6 Å². The monoisotopic (exact) mass is 298 g/mol. The van der Waals surface area contributed by atoms with E-state index in [1.54, 1.807) is 0 Å². The summed E-state index contributed by atoms with van der Waals surface area (Å²) in [6.45, 7) is 1.76. The van der Waals surface area contributed by atoms with Gasteiger partial charge >= 0.3 is 12.0 Å². The molecular weight excluding hydrogens is 272 g/mol. The van der Waals surface area contributed by atoms with Crippen molar-refractivity contribution in [3.05, 3.63) is 0 Å². The molecule has 1 aliphatic heterocycles. The second-order valence-corrected chi connectivity index (χ2v) is 6.17. The number of aliphatic hydroxyl groups excluding tert-OH is 1. The van der Waals surface area contributed by atoms with E-state index >= 15 is 0 Å². The van der Waals surface area contributed by atoms with Gasteiger partial charge in [-0.15, -0.1) is 0 Å². The van der Waals surface area contributed by atoms with Crippen molar-refractivity contribution >= 4 is 12.0 Å². The zero-order chi connectivity index (χ0) is 15.2. The van der Waals surface area contributed by atoms with Gasteiger partial charge in [0, 0.05) is 32.1 Å². The molecule has 0 aromatic heterocycles. The fourth-order valence-electron chi connectivity index (χ4n) is 3.51. The van der Waals surface area contributed by atoms with Gasteiger partial charge in [0.2, 0.25) is 0 Å². The van der Waals surface area contributed by atoms with Crippen LogP contribution in [0.4, 0.5) is 4.79 Å². The number of hydrogen-bond donors (Lipinski definition) is 2. The first-order valence-corrected chi connectivity index (χ1v) is 8.00. The molecule has 2 aliphatic rings. The van der Waals surface area contributed by atoms with E-state index in [2.05, 4.69) is 0 Å². The third-order valence-corrected chi connectivity index (χ3v) is 4.67. The second kappa shape index (κ2) is 7.64. The maximum absolute atomic E-state index is 12.6. The molecule has 21 heavy (non-hydrogen) atoms. The lowest BCUT2D eigenvalue weighted by molar-refractivity contribution is -0.137. The molecule has 0 aromatic rings. The van der Waals surface area contributed by atoms with Crippen LogP contribution in [-0.4, -0.2) is 64.3 Å². The Balaban J connectivity index is 1.87. The molecule has 1 unspecified atom stereocenters. The number of likely N-dealkylation sites (tertiary alicyclic amines) is 1. The molecule has 0 aromatic carbocycles. The topological polar surface area (TPSA) is 81.1 Å². The van der Waals surface area contributed by atoms with Gasteiger partial charge in [0.05, 0.1) is 6.61 Å². The number of urea groups is 1. The third kappa shape index (κ3) is 4.33. The van der Waals surface area contributed by atoms with Gasteiger partial charge in [0.15, 0.2) is 0 Å². The highest BCUT2D eigenvalue weighted by Crippen LogP contribution is 2.27. The summed E-state index contributed by atoms with van der Waals surface area (Å²) in [7, 11) is 0. The molecule has 1 heterocycles. The van der Waals surface area contributed by atoms with Crippen LogP contribution in [0, 0.1) is 5.92 Å². The number of carbonyl (C=O) groups is 2. The van der Waals surface area contributed by atoms with Crippen LogP contribution in [0.5, 0.6) is 0 Å². The molecule has 2 N–H and O–H groups in total. The Morgan fingerprint density at radius 1 is 1.19 bits per heavy atom. The Kier molecular flexibility index (Phi) is 5.85. The number of rotatable bonds is 6. The van der Waals surface area contributed by atoms with E-state index in [4.69, 9.17) is 5.11 Å². The Hall–Kier alpha value is -1.30. The van der Waals surface area contributed by atoms with Crippen LogP contribution >= 0.6 is 0 Å². The second-order valence-electron chi connectivity index (χ2n) is 6.17. The molecule has 1 aliphatic carbocycles. The van der Waals surface area contributed by atoms with Crippen molar-refractivity contribution in [3.8, 4) is 0 Å². The first kappa shape index (κ1) is 16.1. The third-order valence-electron chi connectivity index (χ3n) is 4.67. The number of carboxylic acid groups (broad SMARTS) is 1. The van der Waals surface area contributed by atoms with Crippen LogP contribution in [0.1, 0.15) is 44.9 Å². The average Bonchev–Trinajstić information content (AvgIpc) is 3.12. The normalized spacial score (nSPS) is 22.7. The summed E-state index contributed by atoms with van der Waals surface area (Å²) >= 11 is 0. The van der Waals surface area contributed by atoms with Crippen molar-refractivity contribution in [2.45, 2.75) is 51.0 Å². The van der Waals surface area contributed by atoms with Crippen LogP contribution in [0.15, 0.2) is 0 Å². The first-order chi connectivity index (χ1) is 10.1. The van der Waals surface area contributed by atoms with Gasteiger partial charge in [-0.25, -0.2) is 4.79 Å². The van der Waals surface area contributed by atoms with Crippen molar-refractivity contribution in [3.63, 3.8) is 0 Å². The molecule has 1 atom stereocenters.